The van der Waals surface area contributed by atoms with E-state index in [-0.39, 0.29) is 0 Å². The number of hydrogen-bond donors (Lipinski definition) is 1. The lowest BCUT2D eigenvalue weighted by atomic mass is 10.2. The number of nitrogens with zero attached hydrogens (tertiary/aromatic N) is 3. The van der Waals surface area contributed by atoms with Crippen LogP contribution in [0.4, 0.5) is 0 Å². The van der Waals surface area contributed by atoms with Gasteiger partial charge < -0.3 is 9.84 Å². The standard InChI is InChI=1S/C12H18N4OS/c1-4-13-8(2)5-12-15-11(16-17-12)6-10-7-18-9(3)14-10/h7-8,13H,4-6H2,1-3H3. The van der Waals surface area contributed by atoms with Crippen LogP contribution in [0.15, 0.2) is 9.90 Å². The van der Waals surface area contributed by atoms with Crippen LogP contribution in [0.3, 0.4) is 0 Å². The van der Waals surface area contributed by atoms with Gasteiger partial charge in [-0.3, -0.25) is 0 Å². The summed E-state index contributed by atoms with van der Waals surface area (Å²) in [7, 11) is 0. The fourth-order valence-electron chi connectivity index (χ4n) is 1.78. The zero-order valence-corrected chi connectivity index (χ0v) is 11.8. The Morgan fingerprint density at radius 3 is 2.94 bits per heavy atom. The normalized spacial score (nSPS) is 12.8. The van der Waals surface area contributed by atoms with Crippen LogP contribution in [0.5, 0.6) is 0 Å². The van der Waals surface area contributed by atoms with Gasteiger partial charge in [-0.25, -0.2) is 4.98 Å². The molecule has 0 aromatic carbocycles. The summed E-state index contributed by atoms with van der Waals surface area (Å²) in [5.74, 6) is 1.39. The van der Waals surface area contributed by atoms with Crippen molar-refractivity contribution in [2.24, 2.45) is 0 Å². The average Bonchev–Trinajstić information content (AvgIpc) is 2.89. The number of hydrogen-bond acceptors (Lipinski definition) is 6. The molecule has 18 heavy (non-hydrogen) atoms. The third-order valence-electron chi connectivity index (χ3n) is 2.55. The van der Waals surface area contributed by atoms with E-state index in [9.17, 15) is 0 Å². The maximum absolute atomic E-state index is 5.24. The third kappa shape index (κ3) is 3.61. The summed E-state index contributed by atoms with van der Waals surface area (Å²) in [6, 6.07) is 0.352. The predicted molar refractivity (Wildman–Crippen MR) is 70.8 cm³/mol. The second-order valence-corrected chi connectivity index (χ2v) is 5.36. The molecule has 6 heteroatoms. The molecule has 2 rings (SSSR count). The molecule has 0 radical (unpaired) electrons. The molecule has 2 heterocycles. The molecular weight excluding hydrogens is 248 g/mol. The van der Waals surface area contributed by atoms with E-state index >= 15 is 0 Å². The Bertz CT molecular complexity index is 494. The highest BCUT2D eigenvalue weighted by atomic mass is 32.1. The van der Waals surface area contributed by atoms with Crippen molar-refractivity contribution in [3.05, 3.63) is 27.8 Å². The molecule has 98 valence electrons. The van der Waals surface area contributed by atoms with Crippen molar-refractivity contribution in [2.45, 2.75) is 39.7 Å². The van der Waals surface area contributed by atoms with Crippen molar-refractivity contribution >= 4 is 11.3 Å². The van der Waals surface area contributed by atoms with Crippen molar-refractivity contribution < 1.29 is 4.52 Å². The second-order valence-electron chi connectivity index (χ2n) is 4.30. The highest BCUT2D eigenvalue weighted by molar-refractivity contribution is 7.09. The van der Waals surface area contributed by atoms with Crippen LogP contribution < -0.4 is 5.32 Å². The van der Waals surface area contributed by atoms with Gasteiger partial charge in [-0.1, -0.05) is 12.1 Å². The lowest BCUT2D eigenvalue weighted by Crippen LogP contribution is -2.27. The largest absolute Gasteiger partial charge is 0.339 e. The molecule has 0 saturated carbocycles. The van der Waals surface area contributed by atoms with Crippen molar-refractivity contribution in [3.8, 4) is 0 Å². The first-order chi connectivity index (χ1) is 8.67. The maximum atomic E-state index is 5.24. The quantitative estimate of drug-likeness (QED) is 0.866. The van der Waals surface area contributed by atoms with E-state index in [2.05, 4.69) is 34.3 Å². The van der Waals surface area contributed by atoms with Crippen LogP contribution in [0.1, 0.15) is 36.3 Å². The smallest absolute Gasteiger partial charge is 0.228 e. The van der Waals surface area contributed by atoms with Crippen LogP contribution in [-0.2, 0) is 12.8 Å². The Kier molecular flexibility index (Phi) is 4.43. The monoisotopic (exact) mass is 266 g/mol. The first-order valence-corrected chi connectivity index (χ1v) is 7.01. The van der Waals surface area contributed by atoms with Crippen LogP contribution in [0.25, 0.3) is 0 Å². The van der Waals surface area contributed by atoms with E-state index in [0.717, 1.165) is 23.7 Å². The molecule has 0 amide bonds. The first-order valence-electron chi connectivity index (χ1n) is 6.13. The van der Waals surface area contributed by atoms with Gasteiger partial charge in [-0.15, -0.1) is 11.3 Å². The fourth-order valence-corrected chi connectivity index (χ4v) is 2.39. The van der Waals surface area contributed by atoms with Gasteiger partial charge in [-0.05, 0) is 20.4 Å². The summed E-state index contributed by atoms with van der Waals surface area (Å²) in [5.41, 5.74) is 1.00. The second kappa shape index (κ2) is 6.06. The van der Waals surface area contributed by atoms with E-state index in [4.69, 9.17) is 4.52 Å². The molecule has 0 spiro atoms. The zero-order chi connectivity index (χ0) is 13.0. The SMILES string of the molecule is CCNC(C)Cc1nc(Cc2csc(C)n2)no1. The molecule has 0 aliphatic heterocycles. The number of likely N-dealkylation sites (N-methyl/N-ethyl adjacent to an activating group) is 1. The molecule has 2 aromatic heterocycles. The van der Waals surface area contributed by atoms with Crippen molar-refractivity contribution in [1.29, 1.82) is 0 Å². The molecular formula is C12H18N4OS. The average molecular weight is 266 g/mol. The molecule has 1 N–H and O–H groups in total. The van der Waals surface area contributed by atoms with Crippen LogP contribution in [-0.4, -0.2) is 27.7 Å². The van der Waals surface area contributed by atoms with Crippen molar-refractivity contribution in [3.63, 3.8) is 0 Å². The Labute approximate surface area is 111 Å². The minimum absolute atomic E-state index is 0.352. The molecule has 1 unspecified atom stereocenters. The third-order valence-corrected chi connectivity index (χ3v) is 3.37. The Hall–Kier alpha value is -1.27. The van der Waals surface area contributed by atoms with Gasteiger partial charge in [0.25, 0.3) is 0 Å². The molecule has 0 aliphatic carbocycles. The molecule has 1 atom stereocenters. The molecule has 0 saturated heterocycles. The highest BCUT2D eigenvalue weighted by Gasteiger charge is 2.11. The van der Waals surface area contributed by atoms with Crippen molar-refractivity contribution in [1.82, 2.24) is 20.4 Å². The Morgan fingerprint density at radius 1 is 1.44 bits per heavy atom. The lowest BCUT2D eigenvalue weighted by molar-refractivity contribution is 0.359. The number of rotatable bonds is 6. The molecule has 0 fully saturated rings. The number of nitrogens with one attached hydrogen (secondary N) is 1. The minimum Gasteiger partial charge on any atom is -0.339 e. The predicted octanol–water partition coefficient (Wildman–Crippen LogP) is 1.97. The van der Waals surface area contributed by atoms with Gasteiger partial charge in [0.1, 0.15) is 0 Å². The zero-order valence-electron chi connectivity index (χ0n) is 10.9. The van der Waals surface area contributed by atoms with E-state index in [1.54, 1.807) is 11.3 Å². The minimum atomic E-state index is 0.352. The number of aryl methyl sites for hydroxylation is 1. The molecule has 5 nitrogen and oxygen atoms in total. The summed E-state index contributed by atoms with van der Waals surface area (Å²) < 4.78 is 5.24. The molecule has 2 aromatic rings. The maximum Gasteiger partial charge on any atom is 0.228 e. The Balaban J connectivity index is 1.93. The van der Waals surface area contributed by atoms with Crippen LogP contribution in [0.2, 0.25) is 0 Å². The van der Waals surface area contributed by atoms with Crippen LogP contribution in [0, 0.1) is 6.92 Å². The Morgan fingerprint density at radius 2 is 2.28 bits per heavy atom. The van der Waals surface area contributed by atoms with Gasteiger partial charge in [0.2, 0.25) is 5.89 Å². The van der Waals surface area contributed by atoms with E-state index < -0.39 is 0 Å². The molecule has 0 aliphatic rings. The summed E-state index contributed by atoms with van der Waals surface area (Å²) >= 11 is 1.64. The fraction of sp³-hybridized carbons (Fsp3) is 0.583. The van der Waals surface area contributed by atoms with Gasteiger partial charge in [-0.2, -0.15) is 4.98 Å². The van der Waals surface area contributed by atoms with Crippen molar-refractivity contribution in [2.75, 3.05) is 6.54 Å². The number of aromatic nitrogens is 3. The van der Waals surface area contributed by atoms with Gasteiger partial charge >= 0.3 is 0 Å². The summed E-state index contributed by atoms with van der Waals surface area (Å²) in [4.78, 5) is 8.77. The van der Waals surface area contributed by atoms with E-state index in [1.807, 2.05) is 12.3 Å². The number of thiazole rings is 1. The van der Waals surface area contributed by atoms with Gasteiger partial charge in [0.15, 0.2) is 5.82 Å². The van der Waals surface area contributed by atoms with E-state index in [0.29, 0.717) is 24.2 Å². The lowest BCUT2D eigenvalue weighted by Gasteiger charge is -2.07. The first kappa shape index (κ1) is 13.2. The van der Waals surface area contributed by atoms with Gasteiger partial charge in [0, 0.05) is 17.8 Å². The van der Waals surface area contributed by atoms with Crippen LogP contribution >= 0.6 is 11.3 Å². The van der Waals surface area contributed by atoms with Gasteiger partial charge in [0.05, 0.1) is 17.1 Å². The summed E-state index contributed by atoms with van der Waals surface area (Å²) in [5, 5.41) is 10.4. The molecule has 0 bridgehead atoms. The topological polar surface area (TPSA) is 63.8 Å². The van der Waals surface area contributed by atoms with E-state index in [1.165, 1.54) is 0 Å². The summed E-state index contributed by atoms with van der Waals surface area (Å²) in [6.07, 6.45) is 1.40. The summed E-state index contributed by atoms with van der Waals surface area (Å²) in [6.45, 7) is 7.13. The highest BCUT2D eigenvalue weighted by Crippen LogP contribution is 2.11.